The molecule has 0 aliphatic carbocycles. The quantitative estimate of drug-likeness (QED) is 0.780. The molecule has 2 atom stereocenters. The van der Waals surface area contributed by atoms with E-state index < -0.39 is 23.9 Å². The lowest BCUT2D eigenvalue weighted by Gasteiger charge is -2.37. The van der Waals surface area contributed by atoms with Crippen molar-refractivity contribution in [3.63, 3.8) is 0 Å². The van der Waals surface area contributed by atoms with Gasteiger partial charge in [-0.15, -0.1) is 0 Å². The van der Waals surface area contributed by atoms with Crippen LogP contribution in [0.15, 0.2) is 18.2 Å². The molecule has 3 rings (SSSR count). The molecule has 0 spiro atoms. The van der Waals surface area contributed by atoms with Gasteiger partial charge < -0.3 is 15.2 Å². The van der Waals surface area contributed by atoms with Crippen LogP contribution in [0, 0.1) is 12.7 Å². The maximum absolute atomic E-state index is 13.5. The topological polar surface area (TPSA) is 65.2 Å². The number of piperidine rings is 1. The third kappa shape index (κ3) is 3.91. The van der Waals surface area contributed by atoms with Gasteiger partial charge >= 0.3 is 12.1 Å². The minimum absolute atomic E-state index is 0.214. The van der Waals surface area contributed by atoms with Gasteiger partial charge in [-0.05, 0) is 50.5 Å². The number of benzene rings is 1. The van der Waals surface area contributed by atoms with Gasteiger partial charge in [0, 0.05) is 29.5 Å². The Morgan fingerprint density at radius 3 is 2.59 bits per heavy atom. The van der Waals surface area contributed by atoms with E-state index in [0.717, 1.165) is 5.39 Å². The molecule has 2 heterocycles. The number of carbonyl (C=O) groups excluding carboxylic acids is 2. The number of aryl methyl sites for hydroxylation is 1. The second-order valence-electron chi connectivity index (χ2n) is 6.91. The summed E-state index contributed by atoms with van der Waals surface area (Å²) in [4.78, 5) is 28.3. The first-order valence-corrected chi connectivity index (χ1v) is 8.54. The number of likely N-dealkylation sites (tertiary alicyclic amines) is 1. The van der Waals surface area contributed by atoms with E-state index >= 15 is 0 Å². The number of hydrogen-bond donors (Lipinski definition) is 2. The summed E-state index contributed by atoms with van der Waals surface area (Å²) in [6, 6.07) is 3.34. The number of nitrogens with zero attached hydrogens (tertiary/aromatic N) is 1. The largest absolute Gasteiger partial charge is 0.471 e. The summed E-state index contributed by atoms with van der Waals surface area (Å²) in [5.41, 5.74) is 1.50. The molecule has 1 aromatic heterocycles. The summed E-state index contributed by atoms with van der Waals surface area (Å²) in [6.07, 6.45) is -4.47. The first-order valence-electron chi connectivity index (χ1n) is 8.54. The Kier molecular flexibility index (Phi) is 4.88. The fourth-order valence-electron chi connectivity index (χ4n) is 3.52. The minimum atomic E-state index is -4.92. The lowest BCUT2D eigenvalue weighted by molar-refractivity contribution is -0.174. The lowest BCUT2D eigenvalue weighted by Crippen LogP contribution is -2.52. The number of alkyl halides is 3. The molecule has 1 aliphatic rings. The van der Waals surface area contributed by atoms with Crippen molar-refractivity contribution in [1.29, 1.82) is 0 Å². The smallest absolute Gasteiger partial charge is 0.350 e. The molecule has 1 aromatic carbocycles. The van der Waals surface area contributed by atoms with Gasteiger partial charge in [-0.1, -0.05) is 0 Å². The number of hydrogen-bond acceptors (Lipinski definition) is 2. The van der Waals surface area contributed by atoms with Crippen molar-refractivity contribution in [3.8, 4) is 0 Å². The van der Waals surface area contributed by atoms with Gasteiger partial charge in [0.1, 0.15) is 11.5 Å². The molecule has 0 bridgehead atoms. The van der Waals surface area contributed by atoms with Gasteiger partial charge in [0.15, 0.2) is 0 Å². The van der Waals surface area contributed by atoms with Crippen molar-refractivity contribution in [2.45, 2.75) is 44.9 Å². The van der Waals surface area contributed by atoms with Gasteiger partial charge in [-0.3, -0.25) is 9.59 Å². The number of aromatic amines is 1. The summed E-state index contributed by atoms with van der Waals surface area (Å²) in [5, 5.41) is 2.71. The monoisotopic (exact) mass is 385 g/mol. The molecule has 2 unspecified atom stereocenters. The minimum Gasteiger partial charge on any atom is -0.350 e. The molecule has 1 fully saturated rings. The predicted octanol–water partition coefficient (Wildman–Crippen LogP) is 3.29. The van der Waals surface area contributed by atoms with Gasteiger partial charge in [-0.2, -0.15) is 13.2 Å². The van der Waals surface area contributed by atoms with E-state index in [-0.39, 0.29) is 31.3 Å². The third-order valence-electron chi connectivity index (χ3n) is 4.87. The van der Waals surface area contributed by atoms with E-state index in [1.165, 1.54) is 12.1 Å². The number of amides is 2. The van der Waals surface area contributed by atoms with E-state index in [9.17, 15) is 27.2 Å². The average Bonchev–Trinajstić information content (AvgIpc) is 2.97. The average molecular weight is 385 g/mol. The molecular formula is C18H19F4N3O2. The molecule has 9 heteroatoms. The predicted molar refractivity (Wildman–Crippen MR) is 90.7 cm³/mol. The molecule has 2 aromatic rings. The molecule has 0 saturated carbocycles. The zero-order valence-electron chi connectivity index (χ0n) is 14.8. The molecule has 146 valence electrons. The highest BCUT2D eigenvalue weighted by Crippen LogP contribution is 2.25. The Bertz CT molecular complexity index is 891. The number of halogens is 4. The Labute approximate surface area is 152 Å². The van der Waals surface area contributed by atoms with Crippen LogP contribution in [-0.4, -0.2) is 46.5 Å². The Morgan fingerprint density at radius 2 is 1.96 bits per heavy atom. The summed E-state index contributed by atoms with van der Waals surface area (Å²) >= 11 is 0. The second-order valence-corrected chi connectivity index (χ2v) is 6.91. The van der Waals surface area contributed by atoms with Crippen LogP contribution in [0.4, 0.5) is 17.6 Å². The second kappa shape index (κ2) is 6.86. The van der Waals surface area contributed by atoms with Crippen LogP contribution in [0.1, 0.15) is 35.8 Å². The Balaban J connectivity index is 1.72. The van der Waals surface area contributed by atoms with Gasteiger partial charge in [-0.25, -0.2) is 4.39 Å². The van der Waals surface area contributed by atoms with E-state index in [1.807, 2.05) is 5.32 Å². The highest BCUT2D eigenvalue weighted by molar-refractivity contribution is 5.99. The number of carbonyl (C=O) groups is 2. The fraction of sp³-hybridized carbons (Fsp3) is 0.444. The van der Waals surface area contributed by atoms with Crippen LogP contribution in [0.3, 0.4) is 0 Å². The number of rotatable bonds is 2. The number of nitrogens with one attached hydrogen (secondary N) is 2. The summed E-state index contributed by atoms with van der Waals surface area (Å²) in [7, 11) is 0. The van der Waals surface area contributed by atoms with Crippen molar-refractivity contribution < 1.29 is 27.2 Å². The van der Waals surface area contributed by atoms with Crippen molar-refractivity contribution >= 4 is 22.7 Å². The highest BCUT2D eigenvalue weighted by atomic mass is 19.4. The first-order chi connectivity index (χ1) is 12.6. The third-order valence-corrected chi connectivity index (χ3v) is 4.87. The molecule has 5 nitrogen and oxygen atoms in total. The molecule has 1 aliphatic heterocycles. The van der Waals surface area contributed by atoms with Gasteiger partial charge in [0.05, 0.1) is 0 Å². The van der Waals surface area contributed by atoms with E-state index in [4.69, 9.17) is 0 Å². The van der Waals surface area contributed by atoms with Crippen LogP contribution in [-0.2, 0) is 4.79 Å². The molecule has 1 saturated heterocycles. The van der Waals surface area contributed by atoms with Crippen LogP contribution in [0.2, 0.25) is 0 Å². The van der Waals surface area contributed by atoms with E-state index in [2.05, 4.69) is 4.98 Å². The number of aromatic nitrogens is 1. The molecule has 0 radical (unpaired) electrons. The highest BCUT2D eigenvalue weighted by Gasteiger charge is 2.41. The normalized spacial score (nSPS) is 20.7. The number of fused-ring (bicyclic) bond motifs is 1. The maximum atomic E-state index is 13.5. The van der Waals surface area contributed by atoms with Crippen LogP contribution < -0.4 is 5.32 Å². The Morgan fingerprint density at radius 1 is 1.26 bits per heavy atom. The van der Waals surface area contributed by atoms with Gasteiger partial charge in [0.2, 0.25) is 0 Å². The summed E-state index contributed by atoms with van der Waals surface area (Å²) in [5.74, 6) is -2.68. The first kappa shape index (κ1) is 19.2. The Hall–Kier alpha value is -2.58. The van der Waals surface area contributed by atoms with Crippen LogP contribution in [0.5, 0.6) is 0 Å². The standard InChI is InChI=1S/C18H19F4N3O2/c1-9-5-11(19)7-14-13(9)8-15(24-14)16(26)25-4-3-12(6-10(25)2)23-17(27)18(20,21)22/h5,7-8,10,12,24H,3-4,6H2,1-2H3,(H,23,27). The van der Waals surface area contributed by atoms with Crippen molar-refractivity contribution in [2.24, 2.45) is 0 Å². The lowest BCUT2D eigenvalue weighted by atomic mass is 9.97. The molecule has 27 heavy (non-hydrogen) atoms. The number of H-pyrrole nitrogens is 1. The van der Waals surface area contributed by atoms with Gasteiger partial charge in [0.25, 0.3) is 5.91 Å². The van der Waals surface area contributed by atoms with E-state index in [0.29, 0.717) is 16.8 Å². The zero-order chi connectivity index (χ0) is 19.9. The van der Waals surface area contributed by atoms with Crippen molar-refractivity contribution in [1.82, 2.24) is 15.2 Å². The summed E-state index contributed by atoms with van der Waals surface area (Å²) in [6.45, 7) is 3.67. The maximum Gasteiger partial charge on any atom is 0.471 e. The van der Waals surface area contributed by atoms with Crippen LogP contribution in [0.25, 0.3) is 10.9 Å². The van der Waals surface area contributed by atoms with Crippen molar-refractivity contribution in [2.75, 3.05) is 6.54 Å². The summed E-state index contributed by atoms with van der Waals surface area (Å²) < 4.78 is 50.7. The molecule has 2 N–H and O–H groups in total. The SMILES string of the molecule is Cc1cc(F)cc2[nH]c(C(=O)N3CCC(NC(=O)C(F)(F)F)CC3C)cc12. The zero-order valence-corrected chi connectivity index (χ0v) is 14.8. The molecular weight excluding hydrogens is 366 g/mol. The van der Waals surface area contributed by atoms with Crippen LogP contribution >= 0.6 is 0 Å². The van der Waals surface area contributed by atoms with E-state index in [1.54, 1.807) is 24.8 Å². The van der Waals surface area contributed by atoms with Crippen molar-refractivity contribution in [3.05, 3.63) is 35.3 Å². The molecule has 2 amide bonds. The fourth-order valence-corrected chi connectivity index (χ4v) is 3.52.